The molecular formula is C20H20ClF4N3O. The SMILES string of the molecule is C[C@@](NC(=O)NC1CCCC1)(c1cc(F)cc(C(F)(F)F)c1)c1ccc(Cl)cn1. The fourth-order valence-corrected chi connectivity index (χ4v) is 3.63. The van der Waals surface area contributed by atoms with E-state index in [1.54, 1.807) is 0 Å². The number of halogens is 5. The van der Waals surface area contributed by atoms with Gasteiger partial charge in [-0.3, -0.25) is 4.98 Å². The number of benzene rings is 1. The van der Waals surface area contributed by atoms with E-state index in [-0.39, 0.29) is 17.3 Å². The maximum absolute atomic E-state index is 14.1. The highest BCUT2D eigenvalue weighted by atomic mass is 35.5. The van der Waals surface area contributed by atoms with Crippen LogP contribution in [0.4, 0.5) is 22.4 Å². The molecule has 0 aliphatic heterocycles. The predicted octanol–water partition coefficient (Wildman–Crippen LogP) is 5.40. The zero-order valence-corrected chi connectivity index (χ0v) is 16.4. The topological polar surface area (TPSA) is 54.0 Å². The molecule has 4 nitrogen and oxygen atoms in total. The molecule has 3 rings (SSSR count). The van der Waals surface area contributed by atoms with Crippen LogP contribution in [0.5, 0.6) is 0 Å². The number of hydrogen-bond donors (Lipinski definition) is 2. The Balaban J connectivity index is 2.02. The highest BCUT2D eigenvalue weighted by Crippen LogP contribution is 2.35. The number of urea groups is 1. The van der Waals surface area contributed by atoms with E-state index in [4.69, 9.17) is 11.6 Å². The first-order valence-corrected chi connectivity index (χ1v) is 9.55. The molecule has 156 valence electrons. The molecule has 0 saturated heterocycles. The van der Waals surface area contributed by atoms with Crippen LogP contribution in [-0.2, 0) is 11.7 Å². The number of carbonyl (C=O) groups is 1. The fraction of sp³-hybridized carbons (Fsp3) is 0.400. The molecule has 1 saturated carbocycles. The zero-order valence-electron chi connectivity index (χ0n) is 15.6. The number of alkyl halides is 3. The molecule has 1 fully saturated rings. The summed E-state index contributed by atoms with van der Waals surface area (Å²) in [6, 6.07) is 4.61. The van der Waals surface area contributed by atoms with Crippen molar-refractivity contribution >= 4 is 17.6 Å². The van der Waals surface area contributed by atoms with Gasteiger partial charge in [0.2, 0.25) is 0 Å². The number of amides is 2. The number of nitrogens with one attached hydrogen (secondary N) is 2. The number of pyridine rings is 1. The van der Waals surface area contributed by atoms with Gasteiger partial charge in [-0.1, -0.05) is 24.4 Å². The third kappa shape index (κ3) is 4.98. The minimum atomic E-state index is -4.74. The second kappa shape index (κ2) is 8.18. The molecule has 2 N–H and O–H groups in total. The van der Waals surface area contributed by atoms with E-state index in [1.165, 1.54) is 25.3 Å². The van der Waals surface area contributed by atoms with Gasteiger partial charge in [0.25, 0.3) is 0 Å². The van der Waals surface area contributed by atoms with Gasteiger partial charge < -0.3 is 10.6 Å². The highest BCUT2D eigenvalue weighted by Gasteiger charge is 2.37. The van der Waals surface area contributed by atoms with Crippen LogP contribution in [0.2, 0.25) is 5.02 Å². The molecule has 1 aromatic heterocycles. The van der Waals surface area contributed by atoms with Gasteiger partial charge in [0.1, 0.15) is 11.4 Å². The molecule has 1 aliphatic carbocycles. The normalized spacial score (nSPS) is 17.0. The van der Waals surface area contributed by atoms with Gasteiger partial charge in [0.15, 0.2) is 0 Å². The Labute approximate surface area is 170 Å². The molecule has 2 amide bonds. The molecule has 1 heterocycles. The predicted molar refractivity (Wildman–Crippen MR) is 101 cm³/mol. The average Bonchev–Trinajstić information content (AvgIpc) is 3.13. The highest BCUT2D eigenvalue weighted by molar-refractivity contribution is 6.30. The van der Waals surface area contributed by atoms with E-state index in [0.717, 1.165) is 37.8 Å². The van der Waals surface area contributed by atoms with Gasteiger partial charge in [-0.15, -0.1) is 0 Å². The lowest BCUT2D eigenvalue weighted by atomic mass is 9.87. The monoisotopic (exact) mass is 429 g/mol. The maximum Gasteiger partial charge on any atom is 0.416 e. The summed E-state index contributed by atoms with van der Waals surface area (Å²) >= 11 is 5.87. The van der Waals surface area contributed by atoms with Crippen LogP contribution in [0.1, 0.15) is 49.4 Å². The van der Waals surface area contributed by atoms with E-state index >= 15 is 0 Å². The van der Waals surface area contributed by atoms with Crippen LogP contribution in [-0.4, -0.2) is 17.1 Å². The molecule has 9 heteroatoms. The molecule has 2 aromatic rings. The Kier molecular flexibility index (Phi) is 6.03. The molecular weight excluding hydrogens is 410 g/mol. The van der Waals surface area contributed by atoms with Crippen LogP contribution in [0, 0.1) is 5.82 Å². The van der Waals surface area contributed by atoms with Crippen LogP contribution in [0.25, 0.3) is 0 Å². The minimum Gasteiger partial charge on any atom is -0.335 e. The van der Waals surface area contributed by atoms with E-state index in [9.17, 15) is 22.4 Å². The maximum atomic E-state index is 14.1. The van der Waals surface area contributed by atoms with Gasteiger partial charge >= 0.3 is 12.2 Å². The van der Waals surface area contributed by atoms with Gasteiger partial charge in [0.05, 0.1) is 16.3 Å². The second-order valence-electron chi connectivity index (χ2n) is 7.29. The van der Waals surface area contributed by atoms with Crippen molar-refractivity contribution in [1.82, 2.24) is 15.6 Å². The summed E-state index contributed by atoms with van der Waals surface area (Å²) in [5.74, 6) is -1.06. The Morgan fingerprint density at radius 2 is 1.79 bits per heavy atom. The summed E-state index contributed by atoms with van der Waals surface area (Å²) in [6.45, 7) is 1.48. The third-order valence-electron chi connectivity index (χ3n) is 5.10. The van der Waals surface area contributed by atoms with Crippen molar-refractivity contribution in [3.8, 4) is 0 Å². The first-order chi connectivity index (χ1) is 13.6. The van der Waals surface area contributed by atoms with Crippen LogP contribution in [0.15, 0.2) is 36.5 Å². The number of hydrogen-bond acceptors (Lipinski definition) is 2. The molecule has 29 heavy (non-hydrogen) atoms. The zero-order chi connectivity index (χ0) is 21.2. The molecule has 0 unspecified atom stereocenters. The lowest BCUT2D eigenvalue weighted by Gasteiger charge is -2.32. The van der Waals surface area contributed by atoms with E-state index < -0.39 is 29.1 Å². The minimum absolute atomic E-state index is 0.00401. The summed E-state index contributed by atoms with van der Waals surface area (Å²) in [7, 11) is 0. The molecule has 1 aliphatic rings. The molecule has 0 bridgehead atoms. The first-order valence-electron chi connectivity index (χ1n) is 9.17. The van der Waals surface area contributed by atoms with Crippen LogP contribution in [0.3, 0.4) is 0 Å². The van der Waals surface area contributed by atoms with Gasteiger partial charge in [-0.05, 0) is 55.7 Å². The van der Waals surface area contributed by atoms with Crippen LogP contribution >= 0.6 is 11.6 Å². The van der Waals surface area contributed by atoms with Gasteiger partial charge in [-0.25, -0.2) is 9.18 Å². The Morgan fingerprint density at radius 3 is 2.38 bits per heavy atom. The number of rotatable bonds is 4. The fourth-order valence-electron chi connectivity index (χ4n) is 3.52. The number of carbonyl (C=O) groups excluding carboxylic acids is 1. The van der Waals surface area contributed by atoms with Gasteiger partial charge in [-0.2, -0.15) is 13.2 Å². The standard InChI is InChI=1S/C20H20ClF4N3O/c1-19(17-7-6-14(21)11-26-17,28-18(29)27-16-4-2-3-5-16)12-8-13(20(23,24)25)10-15(22)9-12/h6-11,16H,2-5H2,1H3,(H2,27,28,29)/t19-/m1/s1. The third-order valence-corrected chi connectivity index (χ3v) is 5.32. The van der Waals surface area contributed by atoms with Crippen molar-refractivity contribution in [2.75, 3.05) is 0 Å². The molecule has 0 radical (unpaired) electrons. The first kappa shape index (κ1) is 21.4. The lowest BCUT2D eigenvalue weighted by Crippen LogP contribution is -2.51. The number of nitrogens with zero attached hydrogens (tertiary/aromatic N) is 1. The summed E-state index contributed by atoms with van der Waals surface area (Å²) in [5, 5.41) is 5.83. The van der Waals surface area contributed by atoms with Crippen molar-refractivity contribution in [1.29, 1.82) is 0 Å². The van der Waals surface area contributed by atoms with Crippen molar-refractivity contribution in [3.05, 3.63) is 64.2 Å². The van der Waals surface area contributed by atoms with E-state index in [0.29, 0.717) is 11.1 Å². The molecule has 1 aromatic carbocycles. The Hall–Kier alpha value is -2.35. The molecule has 1 atom stereocenters. The summed E-state index contributed by atoms with van der Waals surface area (Å²) in [4.78, 5) is 16.8. The summed E-state index contributed by atoms with van der Waals surface area (Å²) in [6.07, 6.45) is 0.246. The van der Waals surface area contributed by atoms with Crippen LogP contribution < -0.4 is 10.6 Å². The smallest absolute Gasteiger partial charge is 0.335 e. The van der Waals surface area contributed by atoms with E-state index in [2.05, 4.69) is 15.6 Å². The van der Waals surface area contributed by atoms with Crippen molar-refractivity contribution in [2.45, 2.75) is 50.4 Å². The summed E-state index contributed by atoms with van der Waals surface area (Å²) in [5.41, 5.74) is -2.52. The Morgan fingerprint density at radius 1 is 1.14 bits per heavy atom. The average molecular weight is 430 g/mol. The number of aromatic nitrogens is 1. The van der Waals surface area contributed by atoms with Gasteiger partial charge in [0, 0.05) is 12.2 Å². The largest absolute Gasteiger partial charge is 0.416 e. The van der Waals surface area contributed by atoms with Crippen molar-refractivity contribution < 1.29 is 22.4 Å². The van der Waals surface area contributed by atoms with E-state index in [1.807, 2.05) is 0 Å². The van der Waals surface area contributed by atoms with Crippen molar-refractivity contribution in [2.24, 2.45) is 0 Å². The quantitative estimate of drug-likeness (QED) is 0.639. The molecule has 0 spiro atoms. The second-order valence-corrected chi connectivity index (χ2v) is 7.73. The van der Waals surface area contributed by atoms with Crippen molar-refractivity contribution in [3.63, 3.8) is 0 Å². The lowest BCUT2D eigenvalue weighted by molar-refractivity contribution is -0.137. The summed E-state index contributed by atoms with van der Waals surface area (Å²) < 4.78 is 53.7. The Bertz CT molecular complexity index is 882.